The van der Waals surface area contributed by atoms with Gasteiger partial charge in [0, 0.05) is 33.1 Å². The van der Waals surface area contributed by atoms with Crippen LogP contribution in [0.2, 0.25) is 0 Å². The molecule has 8 heteroatoms. The fraction of sp³-hybridized carbons (Fsp3) is 0.750. The highest BCUT2D eigenvalue weighted by atomic mass is 16.7. The Labute approximate surface area is 140 Å². The van der Waals surface area contributed by atoms with Crippen molar-refractivity contribution in [1.29, 1.82) is 0 Å². The summed E-state index contributed by atoms with van der Waals surface area (Å²) in [6.45, 7) is 6.82. The first-order valence-electron chi connectivity index (χ1n) is 7.74. The highest BCUT2D eigenvalue weighted by molar-refractivity contribution is 5.76. The van der Waals surface area contributed by atoms with Gasteiger partial charge in [-0.25, -0.2) is 0 Å². The Bertz CT molecular complexity index is 500. The molecule has 1 rings (SSSR count). The normalized spacial score (nSPS) is 29.5. The molecule has 0 aromatic carbocycles. The third kappa shape index (κ3) is 5.92. The number of esters is 3. The van der Waals surface area contributed by atoms with E-state index in [-0.39, 0.29) is 24.7 Å². The molecule has 24 heavy (non-hydrogen) atoms. The number of hydrogen-bond acceptors (Lipinski definition) is 8. The van der Waals surface area contributed by atoms with Crippen LogP contribution in [0, 0.1) is 11.8 Å². The van der Waals surface area contributed by atoms with Crippen molar-refractivity contribution in [2.75, 3.05) is 6.61 Å². The maximum Gasteiger partial charge on any atom is 0.304 e. The van der Waals surface area contributed by atoms with E-state index in [4.69, 9.17) is 18.9 Å². The summed E-state index contributed by atoms with van der Waals surface area (Å²) in [6, 6.07) is 0. The van der Waals surface area contributed by atoms with Gasteiger partial charge in [0.1, 0.15) is 24.6 Å². The molecular weight excluding hydrogens is 320 g/mol. The molecule has 0 bridgehead atoms. The Morgan fingerprint density at radius 1 is 0.917 bits per heavy atom. The van der Waals surface area contributed by atoms with Gasteiger partial charge in [0.2, 0.25) is 6.29 Å². The molecule has 1 fully saturated rings. The van der Waals surface area contributed by atoms with Crippen LogP contribution < -0.4 is 0 Å². The van der Waals surface area contributed by atoms with Gasteiger partial charge in [-0.05, 0) is 6.92 Å². The van der Waals surface area contributed by atoms with E-state index in [1.54, 1.807) is 6.92 Å². The molecule has 0 N–H and O–H groups in total. The topological polar surface area (TPSA) is 105 Å². The van der Waals surface area contributed by atoms with E-state index in [1.165, 1.54) is 27.7 Å². The van der Waals surface area contributed by atoms with Crippen molar-refractivity contribution in [2.24, 2.45) is 11.8 Å². The van der Waals surface area contributed by atoms with Crippen molar-refractivity contribution in [3.05, 3.63) is 0 Å². The van der Waals surface area contributed by atoms with Gasteiger partial charge in [-0.2, -0.15) is 0 Å². The molecule has 0 aliphatic carbocycles. The first kappa shape index (κ1) is 20.1. The summed E-state index contributed by atoms with van der Waals surface area (Å²) in [7, 11) is 0. The highest BCUT2D eigenvalue weighted by Crippen LogP contribution is 2.35. The second kappa shape index (κ2) is 8.77. The lowest BCUT2D eigenvalue weighted by Gasteiger charge is -2.44. The molecule has 1 saturated heterocycles. The van der Waals surface area contributed by atoms with Gasteiger partial charge in [0.05, 0.1) is 5.92 Å². The monoisotopic (exact) mass is 344 g/mol. The Morgan fingerprint density at radius 3 is 1.96 bits per heavy atom. The van der Waals surface area contributed by atoms with E-state index in [0.717, 1.165) is 0 Å². The van der Waals surface area contributed by atoms with Crippen LogP contribution in [0.1, 0.15) is 41.0 Å². The van der Waals surface area contributed by atoms with Crippen LogP contribution in [0.5, 0.6) is 0 Å². The zero-order valence-corrected chi connectivity index (χ0v) is 14.6. The third-order valence-electron chi connectivity index (χ3n) is 3.74. The average Bonchev–Trinajstić information content (AvgIpc) is 2.42. The SMILES string of the molecule is CC(=O)CC1C(OC(C)=O)OC(COC(C)=O)[C@H](C)[C@@H]1OC(C)=O. The molecule has 136 valence electrons. The number of rotatable bonds is 6. The lowest BCUT2D eigenvalue weighted by atomic mass is 9.82. The van der Waals surface area contributed by atoms with Crippen LogP contribution in [0.15, 0.2) is 0 Å². The second-order valence-corrected chi connectivity index (χ2v) is 5.96. The zero-order valence-electron chi connectivity index (χ0n) is 14.6. The lowest BCUT2D eigenvalue weighted by Crippen LogP contribution is -2.54. The number of carbonyl (C=O) groups excluding carboxylic acids is 4. The van der Waals surface area contributed by atoms with Crippen LogP contribution in [-0.2, 0) is 38.1 Å². The molecule has 0 amide bonds. The van der Waals surface area contributed by atoms with Crippen LogP contribution in [0.3, 0.4) is 0 Å². The predicted octanol–water partition coefficient (Wildman–Crippen LogP) is 1.00. The number of Topliss-reactive ketones (excluding diaryl/α,β-unsaturated/α-hetero) is 1. The van der Waals surface area contributed by atoms with E-state index < -0.39 is 42.3 Å². The number of hydrogen-bond donors (Lipinski definition) is 0. The average molecular weight is 344 g/mol. The van der Waals surface area contributed by atoms with Crippen LogP contribution in [-0.4, -0.2) is 48.8 Å². The Kier molecular flexibility index (Phi) is 7.34. The smallest absolute Gasteiger partial charge is 0.304 e. The minimum Gasteiger partial charge on any atom is -0.463 e. The second-order valence-electron chi connectivity index (χ2n) is 5.96. The largest absolute Gasteiger partial charge is 0.463 e. The number of ketones is 1. The zero-order chi connectivity index (χ0) is 18.4. The van der Waals surface area contributed by atoms with Gasteiger partial charge in [-0.15, -0.1) is 0 Å². The minimum atomic E-state index is -1.06. The quantitative estimate of drug-likeness (QED) is 0.519. The van der Waals surface area contributed by atoms with Crippen LogP contribution in [0.25, 0.3) is 0 Å². The minimum absolute atomic E-state index is 0.0283. The van der Waals surface area contributed by atoms with Crippen molar-refractivity contribution in [1.82, 2.24) is 0 Å². The summed E-state index contributed by atoms with van der Waals surface area (Å²) in [6.07, 6.45) is -2.37. The Morgan fingerprint density at radius 2 is 1.50 bits per heavy atom. The van der Waals surface area contributed by atoms with Gasteiger partial charge in [-0.3, -0.25) is 14.4 Å². The molecule has 1 heterocycles. The van der Waals surface area contributed by atoms with Gasteiger partial charge in [0.25, 0.3) is 0 Å². The van der Waals surface area contributed by atoms with E-state index in [9.17, 15) is 19.2 Å². The van der Waals surface area contributed by atoms with Gasteiger partial charge in [-0.1, -0.05) is 6.92 Å². The third-order valence-corrected chi connectivity index (χ3v) is 3.74. The number of ether oxygens (including phenoxy) is 4. The summed E-state index contributed by atoms with van der Waals surface area (Å²) < 4.78 is 21.2. The number of carbonyl (C=O) groups is 4. The molecule has 0 aromatic heterocycles. The molecule has 1 aliphatic heterocycles. The first-order valence-corrected chi connectivity index (χ1v) is 7.74. The molecule has 0 aromatic rings. The van der Waals surface area contributed by atoms with Crippen molar-refractivity contribution >= 4 is 23.7 Å². The van der Waals surface area contributed by atoms with E-state index in [2.05, 4.69) is 0 Å². The molecule has 5 atom stereocenters. The molecule has 1 aliphatic rings. The maximum absolute atomic E-state index is 11.6. The highest BCUT2D eigenvalue weighted by Gasteiger charge is 2.47. The fourth-order valence-electron chi connectivity index (χ4n) is 2.75. The summed E-state index contributed by atoms with van der Waals surface area (Å²) in [4.78, 5) is 45.4. The standard InChI is InChI=1S/C16H24O8/c1-8(17)6-13-15(22-11(4)19)9(2)14(7-21-10(3)18)24-16(13)23-12(5)20/h9,13-16H,6-7H2,1-5H3/t9-,13?,14?,15-,16?/m0/s1. The van der Waals surface area contributed by atoms with E-state index in [1.807, 2.05) is 0 Å². The Hall–Kier alpha value is -1.96. The molecule has 8 nitrogen and oxygen atoms in total. The van der Waals surface area contributed by atoms with Crippen molar-refractivity contribution in [3.63, 3.8) is 0 Å². The summed E-state index contributed by atoms with van der Waals surface area (Å²) in [5, 5.41) is 0. The first-order chi connectivity index (χ1) is 11.1. The summed E-state index contributed by atoms with van der Waals surface area (Å²) in [5.74, 6) is -2.72. The molecule has 3 unspecified atom stereocenters. The van der Waals surface area contributed by atoms with Gasteiger partial charge >= 0.3 is 17.9 Å². The van der Waals surface area contributed by atoms with Crippen molar-refractivity contribution in [2.45, 2.75) is 59.5 Å². The Balaban J connectivity index is 3.07. The van der Waals surface area contributed by atoms with Gasteiger partial charge in [0.15, 0.2) is 0 Å². The van der Waals surface area contributed by atoms with Crippen LogP contribution >= 0.6 is 0 Å². The predicted molar refractivity (Wildman–Crippen MR) is 80.6 cm³/mol. The van der Waals surface area contributed by atoms with Gasteiger partial charge < -0.3 is 23.7 Å². The lowest BCUT2D eigenvalue weighted by molar-refractivity contribution is -0.266. The van der Waals surface area contributed by atoms with Crippen molar-refractivity contribution < 1.29 is 38.1 Å². The fourth-order valence-corrected chi connectivity index (χ4v) is 2.75. The maximum atomic E-state index is 11.6. The molecule has 0 saturated carbocycles. The summed E-state index contributed by atoms with van der Waals surface area (Å²) in [5.41, 5.74) is 0. The van der Waals surface area contributed by atoms with E-state index in [0.29, 0.717) is 0 Å². The van der Waals surface area contributed by atoms with Crippen LogP contribution in [0.4, 0.5) is 0 Å². The van der Waals surface area contributed by atoms with E-state index >= 15 is 0 Å². The molecular formula is C16H24O8. The van der Waals surface area contributed by atoms with Crippen molar-refractivity contribution in [3.8, 4) is 0 Å². The molecule has 0 spiro atoms. The molecule has 0 radical (unpaired) electrons. The summed E-state index contributed by atoms with van der Waals surface area (Å²) >= 11 is 0.